The fraction of sp³-hybridized carbons (Fsp3) is 0.280. The average molecular weight is 401 g/mol. The second-order valence-corrected chi connectivity index (χ2v) is 8.01. The van der Waals surface area contributed by atoms with Crippen LogP contribution < -0.4 is 4.74 Å². The Hall–Kier alpha value is -3.21. The molecule has 1 fully saturated rings. The number of para-hydroxylation sites is 1. The zero-order valence-electron chi connectivity index (χ0n) is 17.0. The second-order valence-electron chi connectivity index (χ2n) is 8.01. The van der Waals surface area contributed by atoms with Crippen LogP contribution in [0.1, 0.15) is 37.7 Å². The lowest BCUT2D eigenvalue weighted by Crippen LogP contribution is -2.20. The van der Waals surface area contributed by atoms with Crippen LogP contribution in [0.2, 0.25) is 0 Å². The number of nitrogens with one attached hydrogen (secondary N) is 1. The van der Waals surface area contributed by atoms with E-state index in [1.54, 1.807) is 12.3 Å². The van der Waals surface area contributed by atoms with Crippen molar-refractivity contribution in [3.63, 3.8) is 0 Å². The third-order valence-electron chi connectivity index (χ3n) is 5.85. The predicted octanol–water partition coefficient (Wildman–Crippen LogP) is 6.45. The lowest BCUT2D eigenvalue weighted by molar-refractivity contribution is 0.148. The molecule has 5 heteroatoms. The number of pyridine rings is 1. The van der Waals surface area contributed by atoms with E-state index in [0.29, 0.717) is 17.3 Å². The first-order valence-corrected chi connectivity index (χ1v) is 10.6. The molecule has 1 N–H and O–H groups in total. The molecule has 1 saturated carbocycles. The minimum Gasteiger partial charge on any atom is -0.474 e. The van der Waals surface area contributed by atoms with Gasteiger partial charge >= 0.3 is 0 Å². The molecular formula is C25H24FN3O. The van der Waals surface area contributed by atoms with E-state index in [4.69, 9.17) is 4.74 Å². The predicted molar refractivity (Wildman–Crippen MR) is 117 cm³/mol. The van der Waals surface area contributed by atoms with E-state index >= 15 is 0 Å². The first kappa shape index (κ1) is 18.8. The Kier molecular flexibility index (Phi) is 4.95. The Labute approximate surface area is 175 Å². The summed E-state index contributed by atoms with van der Waals surface area (Å²) >= 11 is 0. The van der Waals surface area contributed by atoms with Crippen LogP contribution in [0.25, 0.3) is 33.5 Å². The summed E-state index contributed by atoms with van der Waals surface area (Å²) in [6.45, 7) is 2.00. The first-order chi connectivity index (χ1) is 14.7. The van der Waals surface area contributed by atoms with Gasteiger partial charge in [0.1, 0.15) is 17.7 Å². The van der Waals surface area contributed by atoms with Gasteiger partial charge in [0.15, 0.2) is 0 Å². The minimum absolute atomic E-state index is 0.265. The smallest absolute Gasteiger partial charge is 0.213 e. The minimum atomic E-state index is -0.313. The fourth-order valence-electron chi connectivity index (χ4n) is 4.16. The number of benzene rings is 2. The third-order valence-corrected chi connectivity index (χ3v) is 5.85. The number of fused-ring (bicyclic) bond motifs is 1. The van der Waals surface area contributed by atoms with E-state index < -0.39 is 0 Å². The molecule has 4 nitrogen and oxygen atoms in total. The van der Waals surface area contributed by atoms with Gasteiger partial charge in [0, 0.05) is 17.8 Å². The average Bonchev–Trinajstić information content (AvgIpc) is 3.20. The van der Waals surface area contributed by atoms with Crippen molar-refractivity contribution in [3.8, 4) is 28.4 Å². The highest BCUT2D eigenvalue weighted by Gasteiger charge is 2.16. The molecular weight excluding hydrogens is 377 g/mol. The number of aromatic amines is 1. The molecule has 0 unspecified atom stereocenters. The molecule has 0 spiro atoms. The quantitative estimate of drug-likeness (QED) is 0.427. The summed E-state index contributed by atoms with van der Waals surface area (Å²) in [5, 5.41) is 0. The Morgan fingerprint density at radius 2 is 1.83 bits per heavy atom. The highest BCUT2D eigenvalue weighted by atomic mass is 19.1. The van der Waals surface area contributed by atoms with Gasteiger partial charge in [0.25, 0.3) is 0 Å². The molecule has 0 aliphatic heterocycles. The number of hydrogen-bond acceptors (Lipinski definition) is 3. The summed E-state index contributed by atoms with van der Waals surface area (Å²) in [4.78, 5) is 12.2. The molecule has 0 bridgehead atoms. The van der Waals surface area contributed by atoms with Crippen LogP contribution in [0.4, 0.5) is 4.39 Å². The van der Waals surface area contributed by atoms with Gasteiger partial charge in [0.05, 0.1) is 16.6 Å². The van der Waals surface area contributed by atoms with Crippen molar-refractivity contribution in [1.82, 2.24) is 15.0 Å². The number of imidazole rings is 1. The number of hydrogen-bond donors (Lipinski definition) is 1. The van der Waals surface area contributed by atoms with Crippen molar-refractivity contribution in [1.29, 1.82) is 0 Å². The van der Waals surface area contributed by atoms with Crippen molar-refractivity contribution in [3.05, 3.63) is 66.1 Å². The topological polar surface area (TPSA) is 50.8 Å². The number of halogens is 1. The summed E-state index contributed by atoms with van der Waals surface area (Å²) in [5.74, 6) is 0.866. The normalized spacial score (nSPS) is 14.9. The van der Waals surface area contributed by atoms with Crippen LogP contribution in [0.15, 0.2) is 54.7 Å². The first-order valence-electron chi connectivity index (χ1n) is 10.6. The molecule has 2 aromatic carbocycles. The van der Waals surface area contributed by atoms with E-state index in [1.807, 2.05) is 43.3 Å². The third kappa shape index (κ3) is 3.67. The van der Waals surface area contributed by atoms with Crippen LogP contribution in [0.5, 0.6) is 5.88 Å². The standard InChI is InChI=1S/C25H24FN3O/c1-16-6-5-9-22-24(16)29-25(28-22)20-12-10-17(14-21(20)26)18-11-13-23(27-15-18)30-19-7-3-2-4-8-19/h5-6,9-15,19H,2-4,7-8H2,1H3,(H,28,29). The highest BCUT2D eigenvalue weighted by molar-refractivity contribution is 5.82. The van der Waals surface area contributed by atoms with Gasteiger partial charge in [-0.25, -0.2) is 14.4 Å². The number of H-pyrrole nitrogens is 1. The lowest BCUT2D eigenvalue weighted by Gasteiger charge is -2.22. The molecule has 2 aromatic heterocycles. The van der Waals surface area contributed by atoms with Gasteiger partial charge in [-0.1, -0.05) is 24.6 Å². The van der Waals surface area contributed by atoms with Gasteiger partial charge in [-0.2, -0.15) is 0 Å². The van der Waals surface area contributed by atoms with E-state index in [2.05, 4.69) is 15.0 Å². The van der Waals surface area contributed by atoms with Crippen LogP contribution >= 0.6 is 0 Å². The largest absolute Gasteiger partial charge is 0.474 e. The van der Waals surface area contributed by atoms with Crippen LogP contribution in [-0.2, 0) is 0 Å². The maximum absolute atomic E-state index is 14.9. The van der Waals surface area contributed by atoms with Gasteiger partial charge < -0.3 is 9.72 Å². The molecule has 0 atom stereocenters. The van der Waals surface area contributed by atoms with Crippen molar-refractivity contribution in [2.45, 2.75) is 45.1 Å². The summed E-state index contributed by atoms with van der Waals surface area (Å²) in [5.41, 5.74) is 4.94. The maximum atomic E-state index is 14.9. The molecule has 152 valence electrons. The SMILES string of the molecule is Cc1cccc2[nH]c(-c3ccc(-c4ccc(OC5CCCCC5)nc4)cc3F)nc12. The highest BCUT2D eigenvalue weighted by Crippen LogP contribution is 2.29. The molecule has 0 amide bonds. The van der Waals surface area contributed by atoms with Crippen LogP contribution in [-0.4, -0.2) is 21.1 Å². The number of ether oxygens (including phenoxy) is 1. The summed E-state index contributed by atoms with van der Waals surface area (Å²) in [6.07, 6.45) is 7.94. The number of rotatable bonds is 4. The lowest BCUT2D eigenvalue weighted by atomic mass is 9.98. The van der Waals surface area contributed by atoms with E-state index in [-0.39, 0.29) is 11.9 Å². The molecule has 1 aliphatic rings. The molecule has 30 heavy (non-hydrogen) atoms. The van der Waals surface area contributed by atoms with Gasteiger partial charge in [-0.3, -0.25) is 0 Å². The Bertz CT molecular complexity index is 1180. The molecule has 1 aliphatic carbocycles. The molecule has 2 heterocycles. The Balaban J connectivity index is 1.38. The van der Waals surface area contributed by atoms with Gasteiger partial charge in [-0.15, -0.1) is 0 Å². The van der Waals surface area contributed by atoms with E-state index in [1.165, 1.54) is 25.3 Å². The maximum Gasteiger partial charge on any atom is 0.213 e. The van der Waals surface area contributed by atoms with E-state index in [9.17, 15) is 4.39 Å². The van der Waals surface area contributed by atoms with Gasteiger partial charge in [-0.05, 0) is 68.0 Å². The number of aromatic nitrogens is 3. The van der Waals surface area contributed by atoms with E-state index in [0.717, 1.165) is 40.6 Å². The van der Waals surface area contributed by atoms with Crippen LogP contribution in [0.3, 0.4) is 0 Å². The Morgan fingerprint density at radius 3 is 2.57 bits per heavy atom. The molecule has 4 aromatic rings. The van der Waals surface area contributed by atoms with Crippen molar-refractivity contribution in [2.24, 2.45) is 0 Å². The molecule has 0 saturated heterocycles. The molecule has 0 radical (unpaired) electrons. The Morgan fingerprint density at radius 1 is 1.00 bits per heavy atom. The zero-order valence-corrected chi connectivity index (χ0v) is 17.0. The van der Waals surface area contributed by atoms with Crippen molar-refractivity contribution < 1.29 is 9.13 Å². The van der Waals surface area contributed by atoms with Crippen LogP contribution in [0, 0.1) is 12.7 Å². The number of aryl methyl sites for hydroxylation is 1. The second kappa shape index (κ2) is 7.90. The fourth-order valence-corrected chi connectivity index (χ4v) is 4.16. The zero-order chi connectivity index (χ0) is 20.5. The summed E-state index contributed by atoms with van der Waals surface area (Å²) < 4.78 is 20.9. The van der Waals surface area contributed by atoms with Crippen molar-refractivity contribution >= 4 is 11.0 Å². The van der Waals surface area contributed by atoms with Gasteiger partial charge in [0.2, 0.25) is 5.88 Å². The number of nitrogens with zero attached hydrogens (tertiary/aromatic N) is 2. The summed E-state index contributed by atoms with van der Waals surface area (Å²) in [6, 6.07) is 14.9. The summed E-state index contributed by atoms with van der Waals surface area (Å²) in [7, 11) is 0. The van der Waals surface area contributed by atoms with Crippen molar-refractivity contribution in [2.75, 3.05) is 0 Å². The monoisotopic (exact) mass is 401 g/mol. The molecule has 5 rings (SSSR count).